The topological polar surface area (TPSA) is 21.3 Å². The fraction of sp³-hybridized carbons (Fsp3) is 1.00. The Morgan fingerprint density at radius 2 is 2.27 bits per heavy atom. The van der Waals surface area contributed by atoms with Crippen molar-refractivity contribution < 1.29 is 4.74 Å². The van der Waals surface area contributed by atoms with Crippen LogP contribution in [0.5, 0.6) is 0 Å². The van der Waals surface area contributed by atoms with Gasteiger partial charge in [-0.2, -0.15) is 0 Å². The predicted molar refractivity (Wildman–Crippen MR) is 68.6 cm³/mol. The Morgan fingerprint density at radius 1 is 1.47 bits per heavy atom. The van der Waals surface area contributed by atoms with Crippen molar-refractivity contribution in [1.29, 1.82) is 0 Å². The summed E-state index contributed by atoms with van der Waals surface area (Å²) in [4.78, 5) is 0. The average molecular weight is 278 g/mol. The maximum Gasteiger partial charge on any atom is 0.0576 e. The van der Waals surface area contributed by atoms with E-state index >= 15 is 0 Å². The molecule has 1 N–H and O–H groups in total. The molecule has 90 valence electrons. The van der Waals surface area contributed by atoms with Crippen LogP contribution in [0.2, 0.25) is 0 Å². The maximum atomic E-state index is 5.60. The first-order valence-electron chi connectivity index (χ1n) is 6.15. The zero-order valence-corrected chi connectivity index (χ0v) is 11.6. The van der Waals surface area contributed by atoms with E-state index in [-0.39, 0.29) is 0 Å². The smallest absolute Gasteiger partial charge is 0.0576 e. The number of alkyl halides is 1. The van der Waals surface area contributed by atoms with Crippen LogP contribution in [0.1, 0.15) is 39.5 Å². The third kappa shape index (κ3) is 5.32. The lowest BCUT2D eigenvalue weighted by molar-refractivity contribution is 0.102. The highest BCUT2D eigenvalue weighted by Crippen LogP contribution is 2.16. The number of rotatable bonds is 7. The summed E-state index contributed by atoms with van der Waals surface area (Å²) in [6, 6.07) is 0.606. The second kappa shape index (κ2) is 7.64. The molecule has 0 aliphatic carbocycles. The summed E-state index contributed by atoms with van der Waals surface area (Å²) in [6.45, 7) is 6.63. The normalized spacial score (nSPS) is 23.6. The lowest BCUT2D eigenvalue weighted by atomic mass is 10.1. The van der Waals surface area contributed by atoms with E-state index in [1.54, 1.807) is 0 Å². The van der Waals surface area contributed by atoms with Gasteiger partial charge in [-0.05, 0) is 38.1 Å². The summed E-state index contributed by atoms with van der Waals surface area (Å²) >= 11 is 3.55. The Kier molecular flexibility index (Phi) is 6.86. The van der Waals surface area contributed by atoms with Crippen LogP contribution in [-0.4, -0.2) is 30.6 Å². The van der Waals surface area contributed by atoms with Gasteiger partial charge in [-0.25, -0.2) is 0 Å². The lowest BCUT2D eigenvalue weighted by Crippen LogP contribution is -2.36. The molecule has 2 unspecified atom stereocenters. The van der Waals surface area contributed by atoms with Gasteiger partial charge in [0.1, 0.15) is 0 Å². The summed E-state index contributed by atoms with van der Waals surface area (Å²) in [5.74, 6) is 0.701. The highest BCUT2D eigenvalue weighted by atomic mass is 79.9. The van der Waals surface area contributed by atoms with Crippen LogP contribution in [0.3, 0.4) is 0 Å². The number of halogens is 1. The third-order valence-electron chi connectivity index (χ3n) is 3.10. The molecule has 0 amide bonds. The van der Waals surface area contributed by atoms with E-state index in [0.717, 1.165) is 18.5 Å². The van der Waals surface area contributed by atoms with E-state index in [1.807, 2.05) is 0 Å². The number of nitrogens with one attached hydrogen (secondary N) is 1. The summed E-state index contributed by atoms with van der Waals surface area (Å²) in [5.41, 5.74) is 0. The molecule has 0 bridgehead atoms. The van der Waals surface area contributed by atoms with Gasteiger partial charge in [0.15, 0.2) is 0 Å². The van der Waals surface area contributed by atoms with Crippen LogP contribution in [-0.2, 0) is 4.74 Å². The van der Waals surface area contributed by atoms with E-state index in [0.29, 0.717) is 18.1 Å². The van der Waals surface area contributed by atoms with E-state index in [1.165, 1.54) is 25.7 Å². The molecule has 0 aromatic carbocycles. The fourth-order valence-electron chi connectivity index (χ4n) is 1.96. The largest absolute Gasteiger partial charge is 0.378 e. The van der Waals surface area contributed by atoms with Crippen LogP contribution in [0.4, 0.5) is 0 Å². The molecule has 2 atom stereocenters. The molecular formula is C12H24BrNO. The standard InChI is InChI=1S/C12H24BrNO/c1-10(2)12(9-13)14-7-3-5-11-6-4-8-15-11/h10-12,14H,3-9H2,1-2H3. The summed E-state index contributed by atoms with van der Waals surface area (Å²) < 4.78 is 5.60. The Bertz CT molecular complexity index is 158. The number of ether oxygens (including phenoxy) is 1. The lowest BCUT2D eigenvalue weighted by Gasteiger charge is -2.20. The SMILES string of the molecule is CC(C)C(CBr)NCCCC1CCCO1. The summed E-state index contributed by atoms with van der Waals surface area (Å²) in [6.07, 6.45) is 5.54. The molecule has 0 aromatic rings. The molecule has 1 aliphatic rings. The van der Waals surface area contributed by atoms with Crippen LogP contribution >= 0.6 is 15.9 Å². The molecule has 2 nitrogen and oxygen atoms in total. The first-order chi connectivity index (χ1) is 7.24. The monoisotopic (exact) mass is 277 g/mol. The highest BCUT2D eigenvalue weighted by Gasteiger charge is 2.15. The van der Waals surface area contributed by atoms with Crippen LogP contribution in [0, 0.1) is 5.92 Å². The molecule has 15 heavy (non-hydrogen) atoms. The third-order valence-corrected chi connectivity index (χ3v) is 3.80. The van der Waals surface area contributed by atoms with E-state index < -0.39 is 0 Å². The van der Waals surface area contributed by atoms with E-state index in [9.17, 15) is 0 Å². The van der Waals surface area contributed by atoms with E-state index in [2.05, 4.69) is 35.1 Å². The van der Waals surface area contributed by atoms with Crippen LogP contribution < -0.4 is 5.32 Å². The fourth-order valence-corrected chi connectivity index (χ4v) is 2.93. The van der Waals surface area contributed by atoms with Gasteiger partial charge >= 0.3 is 0 Å². The van der Waals surface area contributed by atoms with Gasteiger partial charge < -0.3 is 10.1 Å². The second-order valence-corrected chi connectivity index (χ2v) is 5.38. The van der Waals surface area contributed by atoms with Gasteiger partial charge in [0.05, 0.1) is 6.10 Å². The Labute approximate surface area is 102 Å². The molecule has 0 radical (unpaired) electrons. The van der Waals surface area contributed by atoms with Gasteiger partial charge in [0.25, 0.3) is 0 Å². The van der Waals surface area contributed by atoms with Crippen molar-refractivity contribution >= 4 is 15.9 Å². The van der Waals surface area contributed by atoms with Gasteiger partial charge in [0.2, 0.25) is 0 Å². The van der Waals surface area contributed by atoms with Crippen molar-refractivity contribution in [3.8, 4) is 0 Å². The summed E-state index contributed by atoms with van der Waals surface area (Å²) in [7, 11) is 0. The molecule has 0 aromatic heterocycles. The molecule has 1 rings (SSSR count). The molecule has 0 saturated carbocycles. The average Bonchev–Trinajstić information content (AvgIpc) is 2.70. The van der Waals surface area contributed by atoms with Crippen molar-refractivity contribution in [2.75, 3.05) is 18.5 Å². The van der Waals surface area contributed by atoms with Crippen molar-refractivity contribution in [2.24, 2.45) is 5.92 Å². The van der Waals surface area contributed by atoms with Crippen molar-refractivity contribution in [3.63, 3.8) is 0 Å². The maximum absolute atomic E-state index is 5.60. The van der Waals surface area contributed by atoms with Crippen LogP contribution in [0.25, 0.3) is 0 Å². The molecule has 3 heteroatoms. The minimum absolute atomic E-state index is 0.549. The Balaban J connectivity index is 1.99. The van der Waals surface area contributed by atoms with Gasteiger partial charge in [-0.1, -0.05) is 29.8 Å². The second-order valence-electron chi connectivity index (χ2n) is 4.74. The zero-order chi connectivity index (χ0) is 11.1. The van der Waals surface area contributed by atoms with E-state index in [4.69, 9.17) is 4.74 Å². The summed E-state index contributed by atoms with van der Waals surface area (Å²) in [5, 5.41) is 4.64. The predicted octanol–water partition coefficient (Wildman–Crippen LogP) is 2.95. The molecule has 1 fully saturated rings. The van der Waals surface area contributed by atoms with Crippen molar-refractivity contribution in [3.05, 3.63) is 0 Å². The molecular weight excluding hydrogens is 254 g/mol. The highest BCUT2D eigenvalue weighted by molar-refractivity contribution is 9.09. The minimum Gasteiger partial charge on any atom is -0.378 e. The van der Waals surface area contributed by atoms with Gasteiger partial charge in [-0.15, -0.1) is 0 Å². The van der Waals surface area contributed by atoms with Crippen LogP contribution in [0.15, 0.2) is 0 Å². The Hall–Kier alpha value is 0.400. The molecule has 1 saturated heterocycles. The first-order valence-corrected chi connectivity index (χ1v) is 7.27. The first kappa shape index (κ1) is 13.5. The quantitative estimate of drug-likeness (QED) is 0.571. The minimum atomic E-state index is 0.549. The molecule has 1 aliphatic heterocycles. The van der Waals surface area contributed by atoms with Gasteiger partial charge in [0, 0.05) is 18.0 Å². The molecule has 1 heterocycles. The van der Waals surface area contributed by atoms with Crippen molar-refractivity contribution in [1.82, 2.24) is 5.32 Å². The van der Waals surface area contributed by atoms with Crippen molar-refractivity contribution in [2.45, 2.75) is 51.7 Å². The zero-order valence-electron chi connectivity index (χ0n) is 9.97. The number of hydrogen-bond donors (Lipinski definition) is 1. The molecule has 0 spiro atoms. The van der Waals surface area contributed by atoms with Gasteiger partial charge in [-0.3, -0.25) is 0 Å². The number of hydrogen-bond acceptors (Lipinski definition) is 2. The Morgan fingerprint density at radius 3 is 2.80 bits per heavy atom.